The minimum Gasteiger partial charge on any atom is -0.497 e. The SMILES string of the molecule is COc1cccc(C(Cl)c2ccc(F)c(C)c2)c1. The molecule has 0 heterocycles. The van der Waals surface area contributed by atoms with Gasteiger partial charge in [-0.05, 0) is 41.8 Å². The predicted octanol–water partition coefficient (Wildman–Crippen LogP) is 4.47. The summed E-state index contributed by atoms with van der Waals surface area (Å²) in [5.41, 5.74) is 2.41. The number of hydrogen-bond acceptors (Lipinski definition) is 1. The normalized spacial score (nSPS) is 12.2. The van der Waals surface area contributed by atoms with E-state index in [2.05, 4.69) is 0 Å². The maximum Gasteiger partial charge on any atom is 0.126 e. The lowest BCUT2D eigenvalue weighted by Crippen LogP contribution is -1.96. The fourth-order valence-corrected chi connectivity index (χ4v) is 2.09. The summed E-state index contributed by atoms with van der Waals surface area (Å²) in [5.74, 6) is 0.547. The summed E-state index contributed by atoms with van der Waals surface area (Å²) in [6.45, 7) is 1.73. The van der Waals surface area contributed by atoms with Crippen molar-refractivity contribution >= 4 is 11.6 Å². The van der Waals surface area contributed by atoms with E-state index in [-0.39, 0.29) is 11.2 Å². The Balaban J connectivity index is 2.34. The monoisotopic (exact) mass is 264 g/mol. The van der Waals surface area contributed by atoms with Gasteiger partial charge in [-0.1, -0.05) is 24.3 Å². The van der Waals surface area contributed by atoms with E-state index in [1.807, 2.05) is 24.3 Å². The van der Waals surface area contributed by atoms with E-state index in [1.165, 1.54) is 6.07 Å². The van der Waals surface area contributed by atoms with Gasteiger partial charge in [-0.2, -0.15) is 0 Å². The summed E-state index contributed by atoms with van der Waals surface area (Å²) >= 11 is 6.41. The van der Waals surface area contributed by atoms with Crippen molar-refractivity contribution in [2.45, 2.75) is 12.3 Å². The van der Waals surface area contributed by atoms with Gasteiger partial charge in [-0.3, -0.25) is 0 Å². The molecule has 2 rings (SSSR count). The highest BCUT2D eigenvalue weighted by Gasteiger charge is 2.12. The van der Waals surface area contributed by atoms with Crippen LogP contribution in [0.1, 0.15) is 22.1 Å². The van der Waals surface area contributed by atoms with E-state index in [0.717, 1.165) is 16.9 Å². The highest BCUT2D eigenvalue weighted by molar-refractivity contribution is 6.22. The minimum absolute atomic E-state index is 0.215. The van der Waals surface area contributed by atoms with Gasteiger partial charge in [0.15, 0.2) is 0 Å². The highest BCUT2D eigenvalue weighted by Crippen LogP contribution is 2.31. The molecule has 0 radical (unpaired) electrons. The number of ether oxygens (including phenoxy) is 1. The Hall–Kier alpha value is -1.54. The molecule has 0 aliphatic heterocycles. The van der Waals surface area contributed by atoms with Crippen molar-refractivity contribution in [3.8, 4) is 5.75 Å². The quantitative estimate of drug-likeness (QED) is 0.743. The first-order valence-corrected chi connectivity index (χ1v) is 6.09. The summed E-state index contributed by atoms with van der Waals surface area (Å²) in [6.07, 6.45) is 0. The van der Waals surface area contributed by atoms with Gasteiger partial charge in [0, 0.05) is 0 Å². The van der Waals surface area contributed by atoms with Crippen LogP contribution in [-0.2, 0) is 0 Å². The molecule has 0 spiro atoms. The molecule has 0 fully saturated rings. The summed E-state index contributed by atoms with van der Waals surface area (Å²) < 4.78 is 18.4. The lowest BCUT2D eigenvalue weighted by Gasteiger charge is -2.12. The molecule has 1 nitrogen and oxygen atoms in total. The molecule has 0 aliphatic rings. The second-order valence-corrected chi connectivity index (χ2v) is 4.58. The number of rotatable bonds is 3. The fourth-order valence-electron chi connectivity index (χ4n) is 1.82. The Morgan fingerprint density at radius 3 is 2.50 bits per heavy atom. The van der Waals surface area contributed by atoms with Crippen LogP contribution in [-0.4, -0.2) is 7.11 Å². The van der Waals surface area contributed by atoms with Gasteiger partial charge in [0.2, 0.25) is 0 Å². The first-order valence-electron chi connectivity index (χ1n) is 5.66. The van der Waals surface area contributed by atoms with E-state index in [1.54, 1.807) is 26.2 Å². The molecule has 1 unspecified atom stereocenters. The number of benzene rings is 2. The predicted molar refractivity (Wildman–Crippen MR) is 71.8 cm³/mol. The van der Waals surface area contributed by atoms with Crippen LogP contribution in [0.15, 0.2) is 42.5 Å². The number of hydrogen-bond donors (Lipinski definition) is 0. The molecule has 18 heavy (non-hydrogen) atoms. The Morgan fingerprint density at radius 1 is 1.11 bits per heavy atom. The molecule has 94 valence electrons. The second kappa shape index (κ2) is 5.40. The maximum absolute atomic E-state index is 13.2. The van der Waals surface area contributed by atoms with Crippen molar-refractivity contribution < 1.29 is 9.13 Å². The molecule has 0 amide bonds. The van der Waals surface area contributed by atoms with Crippen molar-refractivity contribution in [1.82, 2.24) is 0 Å². The summed E-state index contributed by atoms with van der Waals surface area (Å²) in [4.78, 5) is 0. The molecule has 2 aromatic rings. The Morgan fingerprint density at radius 2 is 1.83 bits per heavy atom. The van der Waals surface area contributed by atoms with Crippen LogP contribution in [0, 0.1) is 12.7 Å². The van der Waals surface area contributed by atoms with Gasteiger partial charge in [0.05, 0.1) is 12.5 Å². The van der Waals surface area contributed by atoms with Crippen LogP contribution in [0.4, 0.5) is 4.39 Å². The maximum atomic E-state index is 13.2. The zero-order valence-corrected chi connectivity index (χ0v) is 11.0. The number of aryl methyl sites for hydroxylation is 1. The second-order valence-electron chi connectivity index (χ2n) is 4.15. The number of alkyl halides is 1. The van der Waals surface area contributed by atoms with Gasteiger partial charge in [-0.15, -0.1) is 11.6 Å². The van der Waals surface area contributed by atoms with E-state index >= 15 is 0 Å². The van der Waals surface area contributed by atoms with Crippen LogP contribution in [0.25, 0.3) is 0 Å². The van der Waals surface area contributed by atoms with E-state index in [9.17, 15) is 4.39 Å². The largest absolute Gasteiger partial charge is 0.497 e. The Bertz CT molecular complexity index is 554. The standard InChI is InChI=1S/C15H14ClFO/c1-10-8-12(6-7-14(10)17)15(16)11-4-3-5-13(9-11)18-2/h3-9,15H,1-2H3. The number of methoxy groups -OCH3 is 1. The lowest BCUT2D eigenvalue weighted by atomic mass is 10.0. The van der Waals surface area contributed by atoms with Crippen molar-refractivity contribution in [2.75, 3.05) is 7.11 Å². The van der Waals surface area contributed by atoms with Crippen LogP contribution in [0.5, 0.6) is 5.75 Å². The Kier molecular flexibility index (Phi) is 3.87. The minimum atomic E-state index is -0.306. The third kappa shape index (κ3) is 2.65. The van der Waals surface area contributed by atoms with Gasteiger partial charge in [0.25, 0.3) is 0 Å². The van der Waals surface area contributed by atoms with E-state index in [4.69, 9.17) is 16.3 Å². The fraction of sp³-hybridized carbons (Fsp3) is 0.200. The smallest absolute Gasteiger partial charge is 0.126 e. The van der Waals surface area contributed by atoms with Crippen molar-refractivity contribution in [3.63, 3.8) is 0 Å². The lowest BCUT2D eigenvalue weighted by molar-refractivity contribution is 0.414. The number of halogens is 2. The molecule has 0 bridgehead atoms. The molecule has 0 aromatic heterocycles. The molecule has 2 aromatic carbocycles. The molecule has 0 saturated carbocycles. The van der Waals surface area contributed by atoms with Crippen molar-refractivity contribution in [3.05, 3.63) is 65.0 Å². The molecular formula is C15H14ClFO. The van der Waals surface area contributed by atoms with Crippen molar-refractivity contribution in [1.29, 1.82) is 0 Å². The van der Waals surface area contributed by atoms with E-state index in [0.29, 0.717) is 5.56 Å². The topological polar surface area (TPSA) is 9.23 Å². The Labute approximate surface area is 111 Å². The average Bonchev–Trinajstić information content (AvgIpc) is 2.41. The van der Waals surface area contributed by atoms with Crippen LogP contribution >= 0.6 is 11.6 Å². The molecule has 1 atom stereocenters. The van der Waals surface area contributed by atoms with Crippen LogP contribution in [0.2, 0.25) is 0 Å². The van der Waals surface area contributed by atoms with E-state index < -0.39 is 0 Å². The van der Waals surface area contributed by atoms with Crippen LogP contribution < -0.4 is 4.74 Å². The van der Waals surface area contributed by atoms with Crippen molar-refractivity contribution in [2.24, 2.45) is 0 Å². The van der Waals surface area contributed by atoms with Gasteiger partial charge < -0.3 is 4.74 Å². The summed E-state index contributed by atoms with van der Waals surface area (Å²) in [5, 5.41) is -0.306. The van der Waals surface area contributed by atoms with Gasteiger partial charge in [0.1, 0.15) is 11.6 Å². The van der Waals surface area contributed by atoms with Crippen LogP contribution in [0.3, 0.4) is 0 Å². The molecule has 0 saturated heterocycles. The first kappa shape index (κ1) is 12.9. The third-order valence-electron chi connectivity index (χ3n) is 2.86. The molecule has 0 N–H and O–H groups in total. The zero-order valence-electron chi connectivity index (χ0n) is 10.3. The molecular weight excluding hydrogens is 251 g/mol. The zero-order chi connectivity index (χ0) is 13.1. The summed E-state index contributed by atoms with van der Waals surface area (Å²) in [7, 11) is 1.62. The average molecular weight is 265 g/mol. The van der Waals surface area contributed by atoms with Gasteiger partial charge >= 0.3 is 0 Å². The third-order valence-corrected chi connectivity index (χ3v) is 3.37. The van der Waals surface area contributed by atoms with Gasteiger partial charge in [-0.25, -0.2) is 4.39 Å². The molecule has 0 aliphatic carbocycles. The highest BCUT2D eigenvalue weighted by atomic mass is 35.5. The molecule has 3 heteroatoms. The first-order chi connectivity index (χ1) is 8.61. The summed E-state index contributed by atoms with van der Waals surface area (Å²) in [6, 6.07) is 12.5.